The van der Waals surface area contributed by atoms with E-state index in [0.717, 1.165) is 62.9 Å². The molecule has 5 heteroatoms. The van der Waals surface area contributed by atoms with Crippen molar-refractivity contribution in [3.05, 3.63) is 23.9 Å². The van der Waals surface area contributed by atoms with Gasteiger partial charge in [-0.3, -0.25) is 4.99 Å². The van der Waals surface area contributed by atoms with E-state index in [-0.39, 0.29) is 0 Å². The fourth-order valence-electron chi connectivity index (χ4n) is 3.27. The van der Waals surface area contributed by atoms with Gasteiger partial charge in [0.15, 0.2) is 5.96 Å². The number of piperidine rings is 1. The number of rotatable bonds is 6. The highest BCUT2D eigenvalue weighted by molar-refractivity contribution is 5.80. The first-order valence-electron chi connectivity index (χ1n) is 10.1. The normalized spacial score (nSPS) is 16.7. The standard InChI is InChI=1S/C21H37N5/c1-6-22-20(23-14-8-13-21(3,4)5)25-18-11-15-26(16-12-18)19-10-7-9-17(2)24-19/h7,9-10,18H,6,8,11-16H2,1-5H3,(H2,22,23,25). The Morgan fingerprint density at radius 3 is 2.62 bits per heavy atom. The van der Waals surface area contributed by atoms with Crippen molar-refractivity contribution in [2.24, 2.45) is 10.4 Å². The minimum Gasteiger partial charge on any atom is -0.357 e. The number of nitrogens with zero attached hydrogens (tertiary/aromatic N) is 3. The van der Waals surface area contributed by atoms with E-state index in [1.807, 2.05) is 0 Å². The van der Waals surface area contributed by atoms with Crippen LogP contribution in [-0.4, -0.2) is 43.2 Å². The van der Waals surface area contributed by atoms with Gasteiger partial charge in [-0.1, -0.05) is 26.8 Å². The third-order valence-corrected chi connectivity index (χ3v) is 4.73. The van der Waals surface area contributed by atoms with E-state index in [0.29, 0.717) is 11.5 Å². The minimum atomic E-state index is 0.387. The maximum absolute atomic E-state index is 4.77. The molecule has 146 valence electrons. The number of hydrogen-bond donors (Lipinski definition) is 2. The largest absolute Gasteiger partial charge is 0.357 e. The van der Waals surface area contributed by atoms with Gasteiger partial charge in [-0.05, 0) is 57.1 Å². The molecular weight excluding hydrogens is 322 g/mol. The van der Waals surface area contributed by atoms with Crippen LogP contribution in [0.2, 0.25) is 0 Å². The van der Waals surface area contributed by atoms with Gasteiger partial charge in [0, 0.05) is 37.9 Å². The summed E-state index contributed by atoms with van der Waals surface area (Å²) in [6, 6.07) is 6.74. The van der Waals surface area contributed by atoms with Crippen molar-refractivity contribution in [1.29, 1.82) is 0 Å². The van der Waals surface area contributed by atoms with Crippen molar-refractivity contribution in [1.82, 2.24) is 15.6 Å². The zero-order valence-electron chi connectivity index (χ0n) is 17.3. The average molecular weight is 360 g/mol. The zero-order chi connectivity index (χ0) is 19.0. The number of aryl methyl sites for hydroxylation is 1. The Balaban J connectivity index is 1.81. The van der Waals surface area contributed by atoms with E-state index in [2.05, 4.69) is 73.3 Å². The number of aromatic nitrogens is 1. The Labute approximate surface area is 159 Å². The second kappa shape index (κ2) is 9.79. The molecule has 0 unspecified atom stereocenters. The molecule has 2 rings (SSSR count). The van der Waals surface area contributed by atoms with Gasteiger partial charge in [-0.25, -0.2) is 4.98 Å². The van der Waals surface area contributed by atoms with Crippen molar-refractivity contribution in [2.75, 3.05) is 31.1 Å². The Kier molecular flexibility index (Phi) is 7.73. The van der Waals surface area contributed by atoms with Crippen LogP contribution in [0.4, 0.5) is 5.82 Å². The Hall–Kier alpha value is -1.78. The molecule has 1 aromatic heterocycles. The Morgan fingerprint density at radius 1 is 1.27 bits per heavy atom. The van der Waals surface area contributed by atoms with Crippen LogP contribution in [0.15, 0.2) is 23.2 Å². The lowest BCUT2D eigenvalue weighted by molar-refractivity contribution is 0.368. The van der Waals surface area contributed by atoms with Gasteiger partial charge < -0.3 is 15.5 Å². The van der Waals surface area contributed by atoms with Crippen molar-refractivity contribution < 1.29 is 0 Å². The predicted octanol–water partition coefficient (Wildman–Crippen LogP) is 3.74. The van der Waals surface area contributed by atoms with Crippen LogP contribution < -0.4 is 15.5 Å². The lowest BCUT2D eigenvalue weighted by Gasteiger charge is -2.34. The van der Waals surface area contributed by atoms with Crippen LogP contribution in [-0.2, 0) is 0 Å². The van der Waals surface area contributed by atoms with Gasteiger partial charge in [-0.15, -0.1) is 0 Å². The van der Waals surface area contributed by atoms with Gasteiger partial charge in [-0.2, -0.15) is 0 Å². The first-order valence-corrected chi connectivity index (χ1v) is 10.1. The molecule has 0 saturated carbocycles. The topological polar surface area (TPSA) is 52.6 Å². The molecule has 2 N–H and O–H groups in total. The van der Waals surface area contributed by atoms with Crippen LogP contribution >= 0.6 is 0 Å². The number of nitrogens with one attached hydrogen (secondary N) is 2. The SMILES string of the molecule is CCNC(=NCCCC(C)(C)C)NC1CCN(c2cccc(C)n2)CC1. The first kappa shape index (κ1) is 20.5. The molecular formula is C21H37N5. The number of pyridine rings is 1. The summed E-state index contributed by atoms with van der Waals surface area (Å²) < 4.78 is 0. The third-order valence-electron chi connectivity index (χ3n) is 4.73. The molecule has 0 amide bonds. The summed E-state index contributed by atoms with van der Waals surface area (Å²) in [7, 11) is 0. The highest BCUT2D eigenvalue weighted by Crippen LogP contribution is 2.20. The molecule has 1 aliphatic heterocycles. The van der Waals surface area contributed by atoms with E-state index in [9.17, 15) is 0 Å². The molecule has 0 spiro atoms. The predicted molar refractivity (Wildman–Crippen MR) is 112 cm³/mol. The number of guanidine groups is 1. The lowest BCUT2D eigenvalue weighted by Crippen LogP contribution is -2.49. The minimum absolute atomic E-state index is 0.387. The van der Waals surface area contributed by atoms with Crippen LogP contribution in [0, 0.1) is 12.3 Å². The second-order valence-corrected chi connectivity index (χ2v) is 8.47. The molecule has 1 fully saturated rings. The van der Waals surface area contributed by atoms with Crippen molar-refractivity contribution >= 4 is 11.8 Å². The van der Waals surface area contributed by atoms with Crippen LogP contribution in [0.3, 0.4) is 0 Å². The van der Waals surface area contributed by atoms with E-state index >= 15 is 0 Å². The molecule has 26 heavy (non-hydrogen) atoms. The van der Waals surface area contributed by atoms with E-state index < -0.39 is 0 Å². The summed E-state index contributed by atoms with van der Waals surface area (Å²) >= 11 is 0. The summed E-state index contributed by atoms with van der Waals surface area (Å²) in [4.78, 5) is 11.8. The molecule has 0 atom stereocenters. The van der Waals surface area contributed by atoms with Crippen molar-refractivity contribution in [2.45, 2.75) is 66.3 Å². The maximum Gasteiger partial charge on any atom is 0.191 e. The maximum atomic E-state index is 4.77. The third kappa shape index (κ3) is 7.22. The van der Waals surface area contributed by atoms with Crippen molar-refractivity contribution in [3.63, 3.8) is 0 Å². The summed E-state index contributed by atoms with van der Waals surface area (Å²) in [5.74, 6) is 2.07. The fourth-order valence-corrected chi connectivity index (χ4v) is 3.27. The summed E-state index contributed by atoms with van der Waals surface area (Å²) in [5, 5.41) is 7.02. The fraction of sp³-hybridized carbons (Fsp3) is 0.714. The van der Waals surface area contributed by atoms with Crippen LogP contribution in [0.25, 0.3) is 0 Å². The van der Waals surface area contributed by atoms with Crippen LogP contribution in [0.1, 0.15) is 59.1 Å². The quantitative estimate of drug-likeness (QED) is 0.461. The summed E-state index contributed by atoms with van der Waals surface area (Å²) in [6.07, 6.45) is 4.57. The molecule has 0 radical (unpaired) electrons. The summed E-state index contributed by atoms with van der Waals surface area (Å²) in [6.45, 7) is 14.9. The molecule has 2 heterocycles. The van der Waals surface area contributed by atoms with Gasteiger partial charge in [0.1, 0.15) is 5.82 Å². The van der Waals surface area contributed by atoms with Crippen molar-refractivity contribution in [3.8, 4) is 0 Å². The van der Waals surface area contributed by atoms with Gasteiger partial charge in [0.25, 0.3) is 0 Å². The monoisotopic (exact) mass is 359 g/mol. The van der Waals surface area contributed by atoms with Gasteiger partial charge in [0.05, 0.1) is 0 Å². The van der Waals surface area contributed by atoms with Gasteiger partial charge in [0.2, 0.25) is 0 Å². The van der Waals surface area contributed by atoms with Gasteiger partial charge >= 0.3 is 0 Å². The first-order chi connectivity index (χ1) is 12.4. The molecule has 0 bridgehead atoms. The Morgan fingerprint density at radius 2 is 2.00 bits per heavy atom. The highest BCUT2D eigenvalue weighted by atomic mass is 15.2. The van der Waals surface area contributed by atoms with E-state index in [4.69, 9.17) is 4.99 Å². The highest BCUT2D eigenvalue weighted by Gasteiger charge is 2.21. The number of anilines is 1. The zero-order valence-corrected chi connectivity index (χ0v) is 17.3. The van der Waals surface area contributed by atoms with E-state index in [1.165, 1.54) is 6.42 Å². The molecule has 1 aromatic rings. The molecule has 5 nitrogen and oxygen atoms in total. The molecule has 0 aromatic carbocycles. The average Bonchev–Trinajstić information content (AvgIpc) is 2.58. The smallest absolute Gasteiger partial charge is 0.191 e. The number of aliphatic imine (C=N–C) groups is 1. The summed E-state index contributed by atoms with van der Waals surface area (Å²) in [5.41, 5.74) is 1.47. The molecule has 1 saturated heterocycles. The van der Waals surface area contributed by atoms with E-state index in [1.54, 1.807) is 0 Å². The molecule has 1 aliphatic rings. The van der Waals surface area contributed by atoms with Crippen LogP contribution in [0.5, 0.6) is 0 Å². The lowest BCUT2D eigenvalue weighted by atomic mass is 9.91. The molecule has 0 aliphatic carbocycles. The second-order valence-electron chi connectivity index (χ2n) is 8.47. The number of hydrogen-bond acceptors (Lipinski definition) is 3. The Bertz CT molecular complexity index is 568.